The molecule has 0 amide bonds. The Morgan fingerprint density at radius 3 is 2.50 bits per heavy atom. The van der Waals surface area contributed by atoms with E-state index in [1.54, 1.807) is 0 Å². The summed E-state index contributed by atoms with van der Waals surface area (Å²) in [5.74, 6) is 1.48. The molecule has 142 valence electrons. The molecule has 0 radical (unpaired) electrons. The van der Waals surface area contributed by atoms with Gasteiger partial charge in [0.1, 0.15) is 0 Å². The van der Waals surface area contributed by atoms with Crippen molar-refractivity contribution >= 4 is 5.96 Å². The van der Waals surface area contributed by atoms with Crippen LogP contribution in [-0.2, 0) is 9.47 Å². The summed E-state index contributed by atoms with van der Waals surface area (Å²) in [4.78, 5) is 6.85. The van der Waals surface area contributed by atoms with Crippen LogP contribution in [0.5, 0.6) is 0 Å². The lowest BCUT2D eigenvalue weighted by Crippen LogP contribution is -2.52. The van der Waals surface area contributed by atoms with Gasteiger partial charge in [0.05, 0.1) is 13.2 Å². The predicted octanol–water partition coefficient (Wildman–Crippen LogP) is 1.72. The summed E-state index contributed by atoms with van der Waals surface area (Å²) in [5.41, 5.74) is 0. The van der Waals surface area contributed by atoms with Gasteiger partial charge >= 0.3 is 0 Å². The Morgan fingerprint density at radius 1 is 1.17 bits per heavy atom. The first-order valence-electron chi connectivity index (χ1n) is 9.53. The lowest BCUT2D eigenvalue weighted by molar-refractivity contribution is 0.00752. The number of aliphatic imine (C=N–C) groups is 1. The van der Waals surface area contributed by atoms with Crippen LogP contribution in [0.15, 0.2) is 4.99 Å². The maximum Gasteiger partial charge on any atom is 0.191 e. The minimum absolute atomic E-state index is 0.504. The first-order chi connectivity index (χ1) is 11.7. The quantitative estimate of drug-likeness (QED) is 0.340. The minimum atomic E-state index is 0.504. The van der Waals surface area contributed by atoms with Gasteiger partial charge in [-0.25, -0.2) is 0 Å². The second-order valence-electron chi connectivity index (χ2n) is 6.66. The van der Waals surface area contributed by atoms with Crippen molar-refractivity contribution in [2.24, 2.45) is 10.9 Å². The standard InChI is InChI=1S/C18H38N4O2/c1-5-6-11-23-12-7-8-20-18(19-4)21-15-17(16(2)3)22-9-13-24-14-10-22/h16-17H,5-15H2,1-4H3,(H2,19,20,21). The van der Waals surface area contributed by atoms with Gasteiger partial charge in [-0.1, -0.05) is 27.2 Å². The number of hydrogen-bond donors (Lipinski definition) is 2. The van der Waals surface area contributed by atoms with Crippen molar-refractivity contribution in [3.05, 3.63) is 0 Å². The van der Waals surface area contributed by atoms with Crippen LogP contribution in [0.1, 0.15) is 40.0 Å². The molecule has 0 aromatic carbocycles. The fourth-order valence-electron chi connectivity index (χ4n) is 2.85. The van der Waals surface area contributed by atoms with Gasteiger partial charge in [0, 0.05) is 52.5 Å². The summed E-state index contributed by atoms with van der Waals surface area (Å²) < 4.78 is 11.0. The molecule has 1 rings (SSSR count). The molecular formula is C18H38N4O2. The lowest BCUT2D eigenvalue weighted by Gasteiger charge is -2.37. The lowest BCUT2D eigenvalue weighted by atomic mass is 10.0. The van der Waals surface area contributed by atoms with Crippen LogP contribution >= 0.6 is 0 Å². The van der Waals surface area contributed by atoms with Crippen LogP contribution in [0.3, 0.4) is 0 Å². The van der Waals surface area contributed by atoms with Gasteiger partial charge in [0.25, 0.3) is 0 Å². The van der Waals surface area contributed by atoms with Crippen molar-refractivity contribution in [2.45, 2.75) is 46.1 Å². The molecule has 0 aliphatic carbocycles. The fourth-order valence-corrected chi connectivity index (χ4v) is 2.85. The summed E-state index contributed by atoms with van der Waals surface area (Å²) in [6.07, 6.45) is 3.34. The van der Waals surface area contributed by atoms with Crippen LogP contribution in [0, 0.1) is 5.92 Å². The predicted molar refractivity (Wildman–Crippen MR) is 101 cm³/mol. The molecule has 24 heavy (non-hydrogen) atoms. The van der Waals surface area contributed by atoms with Gasteiger partial charge in [-0.2, -0.15) is 0 Å². The average Bonchev–Trinajstić information content (AvgIpc) is 2.60. The topological polar surface area (TPSA) is 58.1 Å². The molecule has 0 spiro atoms. The maximum atomic E-state index is 5.58. The van der Waals surface area contributed by atoms with Crippen molar-refractivity contribution in [3.63, 3.8) is 0 Å². The van der Waals surface area contributed by atoms with Gasteiger partial charge in [-0.3, -0.25) is 9.89 Å². The van der Waals surface area contributed by atoms with E-state index in [9.17, 15) is 0 Å². The molecular weight excluding hydrogens is 304 g/mol. The van der Waals surface area contributed by atoms with Gasteiger partial charge in [-0.15, -0.1) is 0 Å². The molecule has 1 saturated heterocycles. The number of guanidine groups is 1. The number of hydrogen-bond acceptors (Lipinski definition) is 4. The SMILES string of the molecule is CCCCOCCCNC(=NC)NCC(C(C)C)N1CCOCC1. The third kappa shape index (κ3) is 8.85. The molecule has 1 fully saturated rings. The van der Waals surface area contributed by atoms with E-state index in [1.807, 2.05) is 7.05 Å². The molecule has 2 N–H and O–H groups in total. The van der Waals surface area contributed by atoms with Crippen molar-refractivity contribution in [1.82, 2.24) is 15.5 Å². The zero-order valence-corrected chi connectivity index (χ0v) is 16.1. The van der Waals surface area contributed by atoms with Gasteiger partial charge in [0.2, 0.25) is 0 Å². The van der Waals surface area contributed by atoms with Gasteiger partial charge < -0.3 is 20.1 Å². The van der Waals surface area contributed by atoms with Crippen LogP contribution in [0.2, 0.25) is 0 Å². The molecule has 6 nitrogen and oxygen atoms in total. The Hall–Kier alpha value is -0.850. The third-order valence-corrected chi connectivity index (χ3v) is 4.39. The first kappa shape index (κ1) is 21.2. The fraction of sp³-hybridized carbons (Fsp3) is 0.944. The number of nitrogens with zero attached hydrogens (tertiary/aromatic N) is 2. The molecule has 1 aliphatic heterocycles. The second kappa shape index (κ2) is 13.4. The Labute approximate surface area is 148 Å². The second-order valence-corrected chi connectivity index (χ2v) is 6.66. The molecule has 6 heteroatoms. The number of ether oxygens (including phenoxy) is 2. The molecule has 0 aromatic heterocycles. The van der Waals surface area contributed by atoms with Crippen LogP contribution < -0.4 is 10.6 Å². The highest BCUT2D eigenvalue weighted by Gasteiger charge is 2.23. The minimum Gasteiger partial charge on any atom is -0.381 e. The summed E-state index contributed by atoms with van der Waals surface area (Å²) in [7, 11) is 1.83. The normalized spacial score (nSPS) is 18.0. The highest BCUT2D eigenvalue weighted by atomic mass is 16.5. The van der Waals surface area contributed by atoms with E-state index in [2.05, 4.69) is 41.3 Å². The third-order valence-electron chi connectivity index (χ3n) is 4.39. The van der Waals surface area contributed by atoms with Crippen molar-refractivity contribution in [1.29, 1.82) is 0 Å². The van der Waals surface area contributed by atoms with Crippen molar-refractivity contribution in [3.8, 4) is 0 Å². The monoisotopic (exact) mass is 342 g/mol. The molecule has 1 atom stereocenters. The summed E-state index contributed by atoms with van der Waals surface area (Å²) in [6, 6.07) is 0.504. The van der Waals surface area contributed by atoms with E-state index in [1.165, 1.54) is 6.42 Å². The molecule has 0 aromatic rings. The van der Waals surface area contributed by atoms with E-state index in [0.717, 1.165) is 71.4 Å². The number of nitrogens with one attached hydrogen (secondary N) is 2. The van der Waals surface area contributed by atoms with Gasteiger partial charge in [-0.05, 0) is 18.8 Å². The Balaban J connectivity index is 2.23. The highest BCUT2D eigenvalue weighted by molar-refractivity contribution is 5.79. The first-order valence-corrected chi connectivity index (χ1v) is 9.53. The molecule has 0 bridgehead atoms. The van der Waals surface area contributed by atoms with E-state index in [-0.39, 0.29) is 0 Å². The van der Waals surface area contributed by atoms with Crippen molar-refractivity contribution in [2.75, 3.05) is 59.7 Å². The van der Waals surface area contributed by atoms with Crippen LogP contribution in [-0.4, -0.2) is 76.6 Å². The molecule has 1 aliphatic rings. The maximum absolute atomic E-state index is 5.58. The van der Waals surface area contributed by atoms with E-state index in [0.29, 0.717) is 12.0 Å². The summed E-state index contributed by atoms with van der Waals surface area (Å²) in [5, 5.41) is 6.85. The molecule has 1 unspecified atom stereocenters. The molecule has 0 saturated carbocycles. The largest absolute Gasteiger partial charge is 0.381 e. The van der Waals surface area contributed by atoms with E-state index in [4.69, 9.17) is 9.47 Å². The number of unbranched alkanes of at least 4 members (excludes halogenated alkanes) is 1. The van der Waals surface area contributed by atoms with E-state index < -0.39 is 0 Å². The Kier molecular flexibility index (Phi) is 11.9. The number of rotatable bonds is 11. The molecule has 1 heterocycles. The van der Waals surface area contributed by atoms with Crippen LogP contribution in [0.4, 0.5) is 0 Å². The van der Waals surface area contributed by atoms with Gasteiger partial charge in [0.15, 0.2) is 5.96 Å². The Morgan fingerprint density at radius 2 is 1.88 bits per heavy atom. The van der Waals surface area contributed by atoms with E-state index >= 15 is 0 Å². The Bertz CT molecular complexity index is 331. The smallest absolute Gasteiger partial charge is 0.191 e. The highest BCUT2D eigenvalue weighted by Crippen LogP contribution is 2.12. The zero-order valence-electron chi connectivity index (χ0n) is 16.1. The summed E-state index contributed by atoms with van der Waals surface area (Å²) >= 11 is 0. The summed E-state index contributed by atoms with van der Waals surface area (Å²) in [6.45, 7) is 13.9. The van der Waals surface area contributed by atoms with Crippen LogP contribution in [0.25, 0.3) is 0 Å². The zero-order chi connectivity index (χ0) is 17.6. The number of morpholine rings is 1. The average molecular weight is 343 g/mol. The van der Waals surface area contributed by atoms with Crippen molar-refractivity contribution < 1.29 is 9.47 Å².